The number of thiazole rings is 1. The molecule has 1 aliphatic rings. The van der Waals surface area contributed by atoms with E-state index in [-0.39, 0.29) is 0 Å². The normalized spacial score (nSPS) is 10.4. The summed E-state index contributed by atoms with van der Waals surface area (Å²) in [4.78, 5) is 19.5. The van der Waals surface area contributed by atoms with Gasteiger partial charge in [-0.3, -0.25) is 15.0 Å². The third kappa shape index (κ3) is 18.7. The summed E-state index contributed by atoms with van der Waals surface area (Å²) in [5.41, 5.74) is 2.00. The molecule has 0 aliphatic carbocycles. The maximum absolute atomic E-state index is 4.72. The largest absolute Gasteiger partial charge is 0.449 e. The Morgan fingerprint density at radius 2 is 1.62 bits per heavy atom. The van der Waals surface area contributed by atoms with Gasteiger partial charge in [0.15, 0.2) is 5.89 Å². The van der Waals surface area contributed by atoms with E-state index in [2.05, 4.69) is 49.2 Å². The van der Waals surface area contributed by atoms with E-state index in [0.717, 1.165) is 34.7 Å². The van der Waals surface area contributed by atoms with Crippen molar-refractivity contribution in [2.24, 2.45) is 9.98 Å². The molecular weight excluding hydrogens is 492 g/mol. The minimum atomic E-state index is 0.606. The minimum Gasteiger partial charge on any atom is -0.449 e. The first-order chi connectivity index (χ1) is 17.9. The summed E-state index contributed by atoms with van der Waals surface area (Å²) in [7, 11) is 0. The Morgan fingerprint density at radius 3 is 1.81 bits per heavy atom. The average Bonchev–Trinajstić information content (AvgIpc) is 3.71. The van der Waals surface area contributed by atoms with Crippen molar-refractivity contribution in [2.75, 3.05) is 6.54 Å². The number of hydrogen-bond donors (Lipinski definition) is 0. The third-order valence-electron chi connectivity index (χ3n) is 3.64. The van der Waals surface area contributed by atoms with E-state index in [1.54, 1.807) is 68.6 Å². The van der Waals surface area contributed by atoms with Crippen LogP contribution in [0.4, 0.5) is 0 Å². The van der Waals surface area contributed by atoms with Crippen molar-refractivity contribution >= 4 is 23.4 Å². The summed E-state index contributed by atoms with van der Waals surface area (Å²) in [5.74, 6) is 2.22. The van der Waals surface area contributed by atoms with Gasteiger partial charge in [0.1, 0.15) is 18.4 Å². The van der Waals surface area contributed by atoms with Crippen LogP contribution in [0.3, 0.4) is 0 Å². The standard InChI is InChI=1S/C6H7N.C4H6N2.2C4H5NO.C4H5NS.C3H4N2O/c1-6-4-2-3-5-7-6;2*1-4-5-2-3-6-4;1-4-2-3-6-5-4;1-4-5-2-3-6-4;1-3-5-4-2-6-3/h2-5H,1H3;2H,3H2,1H3;3*2-3H,1H3;2H,1H3. The van der Waals surface area contributed by atoms with Gasteiger partial charge in [0.2, 0.25) is 12.3 Å². The topological polar surface area (TPSA) is 141 Å². The average molecular weight is 525 g/mol. The molecule has 5 aromatic rings. The van der Waals surface area contributed by atoms with Gasteiger partial charge in [0.25, 0.3) is 0 Å². The number of aliphatic imine (C=N–C) groups is 2. The lowest BCUT2D eigenvalue weighted by Gasteiger charge is -1.82. The van der Waals surface area contributed by atoms with E-state index in [1.165, 1.54) is 6.39 Å². The van der Waals surface area contributed by atoms with Crippen molar-refractivity contribution in [3.05, 3.63) is 95.3 Å². The lowest BCUT2D eigenvalue weighted by atomic mass is 10.4. The highest BCUT2D eigenvalue weighted by Crippen LogP contribution is 1.98. The second kappa shape index (κ2) is 19.9. The zero-order chi connectivity index (χ0) is 27.1. The van der Waals surface area contributed by atoms with E-state index in [0.29, 0.717) is 5.89 Å². The van der Waals surface area contributed by atoms with Crippen molar-refractivity contribution in [2.45, 2.75) is 41.5 Å². The fourth-order valence-corrected chi connectivity index (χ4v) is 2.37. The van der Waals surface area contributed by atoms with Crippen LogP contribution in [-0.4, -0.2) is 48.9 Å². The second-order valence-electron chi connectivity index (χ2n) is 6.87. The van der Waals surface area contributed by atoms with E-state index < -0.39 is 0 Å². The quantitative estimate of drug-likeness (QED) is 0.250. The van der Waals surface area contributed by atoms with Gasteiger partial charge in [-0.05, 0) is 39.8 Å². The summed E-state index contributed by atoms with van der Waals surface area (Å²) < 4.78 is 13.8. The zero-order valence-corrected chi connectivity index (χ0v) is 22.7. The van der Waals surface area contributed by atoms with Crippen molar-refractivity contribution in [1.82, 2.24) is 30.3 Å². The smallest absolute Gasteiger partial charge is 0.213 e. The number of pyridine rings is 1. The maximum atomic E-state index is 4.72. The van der Waals surface area contributed by atoms with Crippen molar-refractivity contribution < 1.29 is 13.4 Å². The molecule has 11 nitrogen and oxygen atoms in total. The SMILES string of the molecule is CC1=NCC=N1.Cc1ccccn1.Cc1ccon1.Cc1ncco1.Cc1nccs1.Cc1nnco1. The monoisotopic (exact) mass is 524 g/mol. The van der Waals surface area contributed by atoms with Gasteiger partial charge >= 0.3 is 0 Å². The first-order valence-electron chi connectivity index (χ1n) is 11.1. The summed E-state index contributed by atoms with van der Waals surface area (Å²) in [5, 5.41) is 13.5. The molecule has 0 radical (unpaired) electrons. The highest BCUT2D eigenvalue weighted by atomic mass is 32.1. The number of oxazole rings is 1. The number of rotatable bonds is 0. The molecule has 6 rings (SSSR count). The van der Waals surface area contributed by atoms with Crippen LogP contribution in [0.1, 0.15) is 35.1 Å². The molecular formula is C25H32N8O3S. The molecule has 0 saturated carbocycles. The van der Waals surface area contributed by atoms with Crippen LogP contribution in [0, 0.1) is 34.6 Å². The van der Waals surface area contributed by atoms with Gasteiger partial charge in [-0.25, -0.2) is 9.98 Å². The van der Waals surface area contributed by atoms with Crippen LogP contribution in [0.15, 0.2) is 90.5 Å². The molecule has 196 valence electrons. The van der Waals surface area contributed by atoms with Gasteiger partial charge < -0.3 is 13.4 Å². The zero-order valence-electron chi connectivity index (χ0n) is 21.8. The fraction of sp³-hybridized carbons (Fsp3) is 0.280. The van der Waals surface area contributed by atoms with Crippen LogP contribution >= 0.6 is 11.3 Å². The molecule has 0 fully saturated rings. The lowest BCUT2D eigenvalue weighted by Crippen LogP contribution is -1.73. The molecule has 0 unspecified atom stereocenters. The van der Waals surface area contributed by atoms with E-state index in [1.807, 2.05) is 51.3 Å². The van der Waals surface area contributed by atoms with Crippen LogP contribution in [-0.2, 0) is 0 Å². The predicted molar refractivity (Wildman–Crippen MR) is 144 cm³/mol. The molecule has 37 heavy (non-hydrogen) atoms. The second-order valence-corrected chi connectivity index (χ2v) is 7.97. The first kappa shape index (κ1) is 30.7. The molecule has 0 aromatic carbocycles. The molecule has 0 bridgehead atoms. The van der Waals surface area contributed by atoms with Gasteiger partial charge in [-0.1, -0.05) is 11.2 Å². The van der Waals surface area contributed by atoms with Crippen molar-refractivity contribution in [3.63, 3.8) is 0 Å². The molecule has 6 heterocycles. The highest BCUT2D eigenvalue weighted by molar-refractivity contribution is 7.09. The summed E-state index contributed by atoms with van der Waals surface area (Å²) >= 11 is 1.67. The summed E-state index contributed by atoms with van der Waals surface area (Å²) in [6.45, 7) is 12.1. The lowest BCUT2D eigenvalue weighted by molar-refractivity contribution is 0.415. The molecule has 0 atom stereocenters. The van der Waals surface area contributed by atoms with Crippen molar-refractivity contribution in [1.29, 1.82) is 0 Å². The predicted octanol–water partition coefficient (Wildman–Crippen LogP) is 5.67. The molecule has 12 heteroatoms. The molecule has 1 aliphatic heterocycles. The Morgan fingerprint density at radius 1 is 0.784 bits per heavy atom. The Balaban J connectivity index is 0.000000222. The van der Waals surface area contributed by atoms with Gasteiger partial charge in [-0.2, -0.15) is 0 Å². The number of aromatic nitrogens is 6. The van der Waals surface area contributed by atoms with Gasteiger partial charge in [-0.15, -0.1) is 21.5 Å². The number of aryl methyl sites for hydroxylation is 5. The van der Waals surface area contributed by atoms with E-state index in [4.69, 9.17) is 4.42 Å². The molecule has 0 spiro atoms. The minimum absolute atomic E-state index is 0.606. The molecule has 0 amide bonds. The van der Waals surface area contributed by atoms with Crippen LogP contribution < -0.4 is 0 Å². The Labute approximate surface area is 220 Å². The highest BCUT2D eigenvalue weighted by Gasteiger charge is 1.87. The van der Waals surface area contributed by atoms with Gasteiger partial charge in [0.05, 0.1) is 23.4 Å². The number of amidine groups is 1. The Hall–Kier alpha value is -4.32. The Kier molecular flexibility index (Phi) is 16.5. The van der Waals surface area contributed by atoms with E-state index in [9.17, 15) is 0 Å². The third-order valence-corrected chi connectivity index (χ3v) is 4.34. The summed E-state index contributed by atoms with van der Waals surface area (Å²) in [6.07, 6.45) is 11.4. The Bertz CT molecular complexity index is 1060. The number of nitrogens with zero attached hydrogens (tertiary/aromatic N) is 8. The summed E-state index contributed by atoms with van der Waals surface area (Å²) in [6, 6.07) is 7.66. The van der Waals surface area contributed by atoms with Crippen LogP contribution in [0.25, 0.3) is 0 Å². The maximum Gasteiger partial charge on any atom is 0.213 e. The van der Waals surface area contributed by atoms with Crippen LogP contribution in [0.5, 0.6) is 0 Å². The first-order valence-corrected chi connectivity index (χ1v) is 12.0. The van der Waals surface area contributed by atoms with E-state index >= 15 is 0 Å². The molecule has 5 aromatic heterocycles. The van der Waals surface area contributed by atoms with Crippen molar-refractivity contribution in [3.8, 4) is 0 Å². The van der Waals surface area contributed by atoms with Crippen LogP contribution in [0.2, 0.25) is 0 Å². The number of hydrogen-bond acceptors (Lipinski definition) is 12. The molecule has 0 N–H and O–H groups in total. The molecule has 0 saturated heterocycles. The fourth-order valence-electron chi connectivity index (χ4n) is 1.93. The van der Waals surface area contributed by atoms with Gasteiger partial charge in [0, 0.05) is 49.6 Å².